The van der Waals surface area contributed by atoms with Gasteiger partial charge in [0, 0.05) is 31.0 Å². The monoisotopic (exact) mass is 323 g/mol. The van der Waals surface area contributed by atoms with Crippen LogP contribution in [0.1, 0.15) is 18.2 Å². The quantitative estimate of drug-likeness (QED) is 0.795. The molecule has 0 radical (unpaired) electrons. The van der Waals surface area contributed by atoms with Crippen LogP contribution in [0.3, 0.4) is 0 Å². The molecule has 19 heavy (non-hydrogen) atoms. The van der Waals surface area contributed by atoms with Gasteiger partial charge in [-0.3, -0.25) is 0 Å². The van der Waals surface area contributed by atoms with Gasteiger partial charge < -0.3 is 5.11 Å². The molecular formula is C12H21NO3S3. The number of rotatable bonds is 8. The molecule has 7 heteroatoms. The van der Waals surface area contributed by atoms with Crippen LogP contribution in [0.2, 0.25) is 0 Å². The molecular weight excluding hydrogens is 302 g/mol. The van der Waals surface area contributed by atoms with E-state index >= 15 is 0 Å². The molecule has 1 aromatic heterocycles. The van der Waals surface area contributed by atoms with Crippen molar-refractivity contribution >= 4 is 33.1 Å². The molecule has 0 aromatic carbocycles. The summed E-state index contributed by atoms with van der Waals surface area (Å²) in [7, 11) is -1.77. The van der Waals surface area contributed by atoms with Gasteiger partial charge in [-0.25, -0.2) is 8.42 Å². The zero-order chi connectivity index (χ0) is 14.5. The molecule has 1 aromatic rings. The third kappa shape index (κ3) is 4.46. The maximum atomic E-state index is 12.4. The second kappa shape index (κ2) is 7.64. The summed E-state index contributed by atoms with van der Waals surface area (Å²) in [4.78, 5) is 0.895. The number of aliphatic hydroxyl groups excluding tert-OH is 1. The maximum absolute atomic E-state index is 12.4. The van der Waals surface area contributed by atoms with Crippen molar-refractivity contribution in [2.24, 2.45) is 0 Å². The van der Waals surface area contributed by atoms with Crippen LogP contribution in [0.15, 0.2) is 16.3 Å². The smallest absolute Gasteiger partial charge is 0.252 e. The molecule has 0 amide bonds. The van der Waals surface area contributed by atoms with Gasteiger partial charge in [0.2, 0.25) is 0 Å². The molecule has 1 unspecified atom stereocenters. The summed E-state index contributed by atoms with van der Waals surface area (Å²) < 4.78 is 26.6. The first kappa shape index (κ1) is 17.0. The van der Waals surface area contributed by atoms with Crippen molar-refractivity contribution < 1.29 is 13.5 Å². The van der Waals surface area contributed by atoms with Crippen LogP contribution < -0.4 is 0 Å². The van der Waals surface area contributed by atoms with E-state index in [2.05, 4.69) is 0 Å². The average molecular weight is 324 g/mol. The van der Waals surface area contributed by atoms with E-state index < -0.39 is 10.0 Å². The lowest BCUT2D eigenvalue weighted by molar-refractivity contribution is 0.300. The summed E-state index contributed by atoms with van der Waals surface area (Å²) >= 11 is 2.96. The van der Waals surface area contributed by atoms with Crippen LogP contribution in [0.25, 0.3) is 0 Å². The maximum Gasteiger partial charge on any atom is 0.252 e. The van der Waals surface area contributed by atoms with Gasteiger partial charge in [-0.1, -0.05) is 0 Å². The molecule has 1 N–H and O–H groups in total. The minimum absolute atomic E-state index is 0.0131. The SMILES string of the molecule is CSCCC(C)N(C)S(=O)(=O)c1ccc(CCO)s1. The Hall–Kier alpha value is -0.0800. The van der Waals surface area contributed by atoms with Gasteiger partial charge >= 0.3 is 0 Å². The van der Waals surface area contributed by atoms with Crippen LogP contribution in [-0.4, -0.2) is 49.5 Å². The van der Waals surface area contributed by atoms with Gasteiger partial charge in [-0.05, 0) is 37.5 Å². The van der Waals surface area contributed by atoms with Gasteiger partial charge in [0.25, 0.3) is 10.0 Å². The van der Waals surface area contributed by atoms with Gasteiger partial charge in [-0.15, -0.1) is 11.3 Å². The molecule has 0 fully saturated rings. The van der Waals surface area contributed by atoms with E-state index in [0.717, 1.165) is 17.1 Å². The summed E-state index contributed by atoms with van der Waals surface area (Å²) in [5.74, 6) is 0.946. The van der Waals surface area contributed by atoms with E-state index in [4.69, 9.17) is 5.11 Å². The number of nitrogens with zero attached hydrogens (tertiary/aromatic N) is 1. The molecule has 1 rings (SSSR count). The van der Waals surface area contributed by atoms with Crippen molar-refractivity contribution in [1.82, 2.24) is 4.31 Å². The number of hydrogen-bond acceptors (Lipinski definition) is 5. The third-order valence-electron chi connectivity index (χ3n) is 2.99. The van der Waals surface area contributed by atoms with E-state index in [1.54, 1.807) is 30.9 Å². The Labute approximate surface area is 123 Å². The number of hydrogen-bond donors (Lipinski definition) is 1. The molecule has 0 bridgehead atoms. The zero-order valence-corrected chi connectivity index (χ0v) is 13.9. The summed E-state index contributed by atoms with van der Waals surface area (Å²) in [6.07, 6.45) is 3.36. The summed E-state index contributed by atoms with van der Waals surface area (Å²) in [6, 6.07) is 3.39. The average Bonchev–Trinajstić information content (AvgIpc) is 2.84. The van der Waals surface area contributed by atoms with E-state index in [1.807, 2.05) is 13.2 Å². The van der Waals surface area contributed by atoms with Gasteiger partial charge in [0.05, 0.1) is 0 Å². The van der Waals surface area contributed by atoms with E-state index in [-0.39, 0.29) is 12.6 Å². The van der Waals surface area contributed by atoms with Crippen LogP contribution >= 0.6 is 23.1 Å². The highest BCUT2D eigenvalue weighted by Crippen LogP contribution is 2.26. The fourth-order valence-corrected chi connectivity index (χ4v) is 5.09. The van der Waals surface area contributed by atoms with E-state index in [0.29, 0.717) is 10.6 Å². The molecule has 0 aliphatic carbocycles. The standard InChI is InChI=1S/C12H21NO3S3/c1-10(7-9-17-3)13(2)19(15,16)12-5-4-11(18-12)6-8-14/h4-5,10,14H,6-9H2,1-3H3. The predicted octanol–water partition coefficient (Wildman–Crippen LogP) is 2.05. The number of aliphatic hydroxyl groups is 1. The van der Waals surface area contributed by atoms with Crippen molar-refractivity contribution in [2.45, 2.75) is 30.0 Å². The second-order valence-electron chi connectivity index (χ2n) is 4.35. The molecule has 0 aliphatic rings. The lowest BCUT2D eigenvalue weighted by atomic mass is 10.3. The Morgan fingerprint density at radius 1 is 1.47 bits per heavy atom. The lowest BCUT2D eigenvalue weighted by Crippen LogP contribution is -2.35. The minimum atomic E-state index is -3.41. The zero-order valence-electron chi connectivity index (χ0n) is 11.5. The van der Waals surface area contributed by atoms with Crippen LogP contribution in [0.4, 0.5) is 0 Å². The molecule has 0 aliphatic heterocycles. The molecule has 0 spiro atoms. The van der Waals surface area contributed by atoms with Crippen molar-refractivity contribution in [3.05, 3.63) is 17.0 Å². The molecule has 0 saturated carbocycles. The number of thiophene rings is 1. The van der Waals surface area contributed by atoms with E-state index in [1.165, 1.54) is 15.6 Å². The minimum Gasteiger partial charge on any atom is -0.396 e. The highest BCUT2D eigenvalue weighted by molar-refractivity contribution is 7.98. The van der Waals surface area contributed by atoms with Crippen LogP contribution in [-0.2, 0) is 16.4 Å². The largest absolute Gasteiger partial charge is 0.396 e. The Morgan fingerprint density at radius 2 is 2.16 bits per heavy atom. The van der Waals surface area contributed by atoms with E-state index in [9.17, 15) is 8.42 Å². The van der Waals surface area contributed by atoms with Crippen LogP contribution in [0, 0.1) is 0 Å². The Morgan fingerprint density at radius 3 is 2.74 bits per heavy atom. The first-order valence-electron chi connectivity index (χ1n) is 6.10. The first-order valence-corrected chi connectivity index (χ1v) is 9.75. The van der Waals surface area contributed by atoms with Crippen LogP contribution in [0.5, 0.6) is 0 Å². The fourth-order valence-electron chi connectivity index (χ4n) is 1.59. The molecule has 1 heterocycles. The normalized spacial score (nSPS) is 13.9. The Kier molecular flexibility index (Phi) is 6.82. The Balaban J connectivity index is 2.83. The second-order valence-corrected chi connectivity index (χ2v) is 8.72. The van der Waals surface area contributed by atoms with Crippen molar-refractivity contribution in [3.8, 4) is 0 Å². The molecule has 110 valence electrons. The van der Waals surface area contributed by atoms with Crippen molar-refractivity contribution in [3.63, 3.8) is 0 Å². The van der Waals surface area contributed by atoms with Crippen molar-refractivity contribution in [1.29, 1.82) is 0 Å². The molecule has 0 saturated heterocycles. The van der Waals surface area contributed by atoms with Gasteiger partial charge in [-0.2, -0.15) is 16.1 Å². The number of sulfonamides is 1. The van der Waals surface area contributed by atoms with Crippen molar-refractivity contribution in [2.75, 3.05) is 25.7 Å². The number of thioether (sulfide) groups is 1. The highest BCUT2D eigenvalue weighted by Gasteiger charge is 2.26. The molecule has 1 atom stereocenters. The summed E-state index contributed by atoms with van der Waals surface area (Å²) in [6.45, 7) is 1.97. The molecule has 4 nitrogen and oxygen atoms in total. The summed E-state index contributed by atoms with van der Waals surface area (Å²) in [5.41, 5.74) is 0. The third-order valence-corrected chi connectivity index (χ3v) is 7.22. The fraction of sp³-hybridized carbons (Fsp3) is 0.667. The van der Waals surface area contributed by atoms with Gasteiger partial charge in [0.15, 0.2) is 0 Å². The topological polar surface area (TPSA) is 57.6 Å². The highest BCUT2D eigenvalue weighted by atomic mass is 32.2. The predicted molar refractivity (Wildman–Crippen MR) is 82.5 cm³/mol. The Bertz CT molecular complexity index is 484. The van der Waals surface area contributed by atoms with Gasteiger partial charge in [0.1, 0.15) is 4.21 Å². The summed E-state index contributed by atoms with van der Waals surface area (Å²) in [5, 5.41) is 8.87. The lowest BCUT2D eigenvalue weighted by Gasteiger charge is -2.23. The first-order chi connectivity index (χ1) is 8.93.